The highest BCUT2D eigenvalue weighted by atomic mass is 32.2. The van der Waals surface area contributed by atoms with Crippen molar-refractivity contribution in [1.82, 2.24) is 0 Å². The maximum atomic E-state index is 10.2. The lowest BCUT2D eigenvalue weighted by molar-refractivity contribution is 0.573. The van der Waals surface area contributed by atoms with Crippen molar-refractivity contribution in [2.45, 2.75) is 57.8 Å². The number of unbranched alkanes of at least 4 members (excludes halogenated alkanes) is 8. The van der Waals surface area contributed by atoms with Crippen LogP contribution in [0.5, 0.6) is 0 Å². The van der Waals surface area contributed by atoms with E-state index in [0.717, 1.165) is 19.3 Å². The van der Waals surface area contributed by atoms with Crippen LogP contribution in [-0.2, 0) is 10.7 Å². The molecule has 3 heteroatoms. The normalized spacial score (nSPS) is 11.0. The molecular weight excluding hydrogens is 196 g/mol. The quantitative estimate of drug-likeness (QED) is 0.453. The molecule has 0 aromatic heterocycles. The van der Waals surface area contributed by atoms with Crippen LogP contribution < -0.4 is 0 Å². The van der Waals surface area contributed by atoms with Gasteiger partial charge in [0.1, 0.15) is 10.7 Å². The van der Waals surface area contributed by atoms with Gasteiger partial charge in [-0.25, -0.2) is 8.42 Å². The fourth-order valence-corrected chi connectivity index (χ4v) is 1.96. The summed E-state index contributed by atoms with van der Waals surface area (Å²) in [5.74, 6) is 0.372. The van der Waals surface area contributed by atoms with Crippen molar-refractivity contribution in [1.29, 1.82) is 0 Å². The first-order valence-corrected chi connectivity index (χ1v) is 7.04. The van der Waals surface area contributed by atoms with Crippen molar-refractivity contribution >= 4 is 10.7 Å². The van der Waals surface area contributed by atoms with Crippen LogP contribution in [0.2, 0.25) is 0 Å². The van der Waals surface area contributed by atoms with Crippen molar-refractivity contribution in [3.8, 4) is 0 Å². The van der Waals surface area contributed by atoms with Crippen LogP contribution in [0.15, 0.2) is 0 Å². The minimum Gasteiger partial charge on any atom is -0.232 e. The van der Waals surface area contributed by atoms with Gasteiger partial charge in [0, 0.05) is 5.75 Å². The highest BCUT2D eigenvalue weighted by molar-refractivity contribution is 7.72. The molecule has 0 saturated heterocycles. The van der Waals surface area contributed by atoms with Gasteiger partial charge in [-0.3, -0.25) is 0 Å². The van der Waals surface area contributed by atoms with Crippen molar-refractivity contribution in [3.63, 3.8) is 0 Å². The van der Waals surface area contributed by atoms with Crippen LogP contribution in [0.4, 0.5) is 0 Å². The summed E-state index contributed by atoms with van der Waals surface area (Å²) in [6, 6.07) is 0. The lowest BCUT2D eigenvalue weighted by Crippen LogP contribution is -1.87. The largest absolute Gasteiger partial charge is 0.232 e. The Labute approximate surface area is 90.0 Å². The molecule has 1 radical (unpaired) electrons. The molecule has 0 aromatic rings. The molecule has 85 valence electrons. The molecule has 0 amide bonds. The molecule has 0 bridgehead atoms. The second kappa shape index (κ2) is 11.0. The molecule has 0 aliphatic carbocycles. The molecule has 0 fully saturated rings. The minimum absolute atomic E-state index is 0.372. The van der Waals surface area contributed by atoms with E-state index < -0.39 is 10.7 Å². The highest BCUT2D eigenvalue weighted by Gasteiger charge is 1.92. The molecule has 2 nitrogen and oxygen atoms in total. The van der Waals surface area contributed by atoms with E-state index in [4.69, 9.17) is 0 Å². The number of hydrogen-bond acceptors (Lipinski definition) is 2. The molecule has 0 aliphatic rings. The molecular formula is C11H23O2S. The number of thiol groups is 1. The fourth-order valence-electron chi connectivity index (χ4n) is 1.48. The smallest absolute Gasteiger partial charge is 0.140 e. The molecule has 0 heterocycles. The Balaban J connectivity index is 2.92. The van der Waals surface area contributed by atoms with Crippen molar-refractivity contribution in [2.75, 3.05) is 5.75 Å². The Kier molecular flexibility index (Phi) is 11.0. The van der Waals surface area contributed by atoms with E-state index in [9.17, 15) is 8.42 Å². The Hall–Kier alpha value is -0.0500. The standard InChI is InChI=1S/C11H23O2S/c1-2-3-4-5-6-7-8-9-10-11-14(12)13/h14H,1-11H2. The Bertz CT molecular complexity index is 168. The van der Waals surface area contributed by atoms with Crippen LogP contribution in [0.1, 0.15) is 57.8 Å². The molecule has 0 aliphatic heterocycles. The van der Waals surface area contributed by atoms with E-state index in [1.54, 1.807) is 0 Å². The zero-order valence-electron chi connectivity index (χ0n) is 9.04. The lowest BCUT2D eigenvalue weighted by Gasteiger charge is -1.99. The van der Waals surface area contributed by atoms with Gasteiger partial charge >= 0.3 is 0 Å². The van der Waals surface area contributed by atoms with Gasteiger partial charge in [0.25, 0.3) is 0 Å². The van der Waals surface area contributed by atoms with Crippen LogP contribution in [0.25, 0.3) is 0 Å². The second-order valence-corrected chi connectivity index (χ2v) is 4.85. The first-order chi connectivity index (χ1) is 6.77. The van der Waals surface area contributed by atoms with E-state index >= 15 is 0 Å². The van der Waals surface area contributed by atoms with Gasteiger partial charge in [-0.2, -0.15) is 0 Å². The molecule has 0 spiro atoms. The third-order valence-electron chi connectivity index (χ3n) is 2.34. The van der Waals surface area contributed by atoms with Crippen molar-refractivity contribution in [2.24, 2.45) is 0 Å². The van der Waals surface area contributed by atoms with Crippen LogP contribution in [0, 0.1) is 6.92 Å². The zero-order valence-corrected chi connectivity index (χ0v) is 9.94. The molecule has 0 saturated carbocycles. The van der Waals surface area contributed by atoms with Gasteiger partial charge in [0.05, 0.1) is 0 Å². The summed E-state index contributed by atoms with van der Waals surface area (Å²) >= 11 is 0. The monoisotopic (exact) mass is 219 g/mol. The fraction of sp³-hybridized carbons (Fsp3) is 0.909. The summed E-state index contributed by atoms with van der Waals surface area (Å²) in [5, 5.41) is 0. The average molecular weight is 219 g/mol. The Morgan fingerprint density at radius 1 is 0.714 bits per heavy atom. The summed E-state index contributed by atoms with van der Waals surface area (Å²) in [5.41, 5.74) is 0. The van der Waals surface area contributed by atoms with Crippen LogP contribution >= 0.6 is 0 Å². The summed E-state index contributed by atoms with van der Waals surface area (Å²) < 4.78 is 20.5. The van der Waals surface area contributed by atoms with Gasteiger partial charge in [-0.15, -0.1) is 0 Å². The molecule has 0 unspecified atom stereocenters. The predicted molar refractivity (Wildman–Crippen MR) is 62.1 cm³/mol. The molecule has 0 atom stereocenters. The third kappa shape index (κ3) is 11.9. The maximum absolute atomic E-state index is 10.2. The Morgan fingerprint density at radius 2 is 1.14 bits per heavy atom. The van der Waals surface area contributed by atoms with Gasteiger partial charge in [0.15, 0.2) is 0 Å². The van der Waals surface area contributed by atoms with Gasteiger partial charge < -0.3 is 0 Å². The van der Waals surface area contributed by atoms with Crippen LogP contribution in [0.3, 0.4) is 0 Å². The molecule has 0 rings (SSSR count). The van der Waals surface area contributed by atoms with Gasteiger partial charge in [-0.05, 0) is 6.42 Å². The molecule has 0 aromatic carbocycles. The first-order valence-electron chi connectivity index (χ1n) is 5.68. The van der Waals surface area contributed by atoms with Crippen molar-refractivity contribution < 1.29 is 8.42 Å². The zero-order chi connectivity index (χ0) is 10.6. The van der Waals surface area contributed by atoms with Gasteiger partial charge in [-0.1, -0.05) is 58.3 Å². The summed E-state index contributed by atoms with van der Waals surface area (Å²) in [6.45, 7) is 3.80. The first kappa shape index (κ1) is 13.9. The summed E-state index contributed by atoms with van der Waals surface area (Å²) in [7, 11) is -2.14. The van der Waals surface area contributed by atoms with E-state index in [0.29, 0.717) is 5.75 Å². The van der Waals surface area contributed by atoms with E-state index in [-0.39, 0.29) is 0 Å². The number of rotatable bonds is 10. The number of hydrogen-bond donors (Lipinski definition) is 1. The van der Waals surface area contributed by atoms with E-state index in [2.05, 4.69) is 6.92 Å². The predicted octanol–water partition coefficient (Wildman–Crippen LogP) is 2.94. The van der Waals surface area contributed by atoms with Crippen molar-refractivity contribution in [3.05, 3.63) is 6.92 Å². The van der Waals surface area contributed by atoms with E-state index in [1.165, 1.54) is 38.5 Å². The molecule has 0 N–H and O–H groups in total. The van der Waals surface area contributed by atoms with E-state index in [1.807, 2.05) is 0 Å². The average Bonchev–Trinajstić information content (AvgIpc) is 2.15. The summed E-state index contributed by atoms with van der Waals surface area (Å²) in [6.07, 6.45) is 10.6. The maximum Gasteiger partial charge on any atom is 0.140 e. The van der Waals surface area contributed by atoms with Crippen LogP contribution in [-0.4, -0.2) is 14.2 Å². The Morgan fingerprint density at radius 3 is 1.57 bits per heavy atom. The third-order valence-corrected chi connectivity index (χ3v) is 3.02. The van der Waals surface area contributed by atoms with Gasteiger partial charge in [0.2, 0.25) is 0 Å². The minimum atomic E-state index is -2.14. The lowest BCUT2D eigenvalue weighted by atomic mass is 10.1. The SMILES string of the molecule is [CH2]CCCCCCCCCC[SH](=O)=O. The molecule has 14 heavy (non-hydrogen) atoms. The second-order valence-electron chi connectivity index (χ2n) is 3.74. The topological polar surface area (TPSA) is 34.1 Å². The summed E-state index contributed by atoms with van der Waals surface area (Å²) in [4.78, 5) is 0. The highest BCUT2D eigenvalue weighted by Crippen LogP contribution is 2.09.